The van der Waals surface area contributed by atoms with Crippen molar-refractivity contribution in [3.05, 3.63) is 77.1 Å². The van der Waals surface area contributed by atoms with Gasteiger partial charge in [0.25, 0.3) is 5.69 Å². The van der Waals surface area contributed by atoms with Gasteiger partial charge in [0, 0.05) is 36.3 Å². The molecule has 4 aromatic rings. The first-order valence-corrected chi connectivity index (χ1v) is 7.70. The van der Waals surface area contributed by atoms with Crippen LogP contribution in [0.15, 0.2) is 65.5 Å². The summed E-state index contributed by atoms with van der Waals surface area (Å²) in [5.74, 6) is 1.39. The molecule has 0 unspecified atom stereocenters. The van der Waals surface area contributed by atoms with Crippen molar-refractivity contribution in [2.75, 3.05) is 0 Å². The molecule has 9 nitrogen and oxygen atoms in total. The summed E-state index contributed by atoms with van der Waals surface area (Å²) in [6.07, 6.45) is 5.19. The van der Waals surface area contributed by atoms with Crippen molar-refractivity contribution < 1.29 is 9.34 Å². The zero-order chi connectivity index (χ0) is 17.9. The Kier molecular flexibility index (Phi) is 3.94. The molecule has 128 valence electrons. The van der Waals surface area contributed by atoms with Gasteiger partial charge >= 0.3 is 0 Å². The molecule has 0 saturated carbocycles. The number of pyridine rings is 1. The predicted octanol–water partition coefficient (Wildman–Crippen LogP) is 2.95. The molecule has 0 saturated heterocycles. The second-order valence-corrected chi connectivity index (χ2v) is 5.40. The molecule has 0 radical (unpaired) electrons. The SMILES string of the molecule is O=[N+]([O-])c1ccc(-c2nnc(Cn3ccnc3-c3ccccn3)o2)cc1. The lowest BCUT2D eigenvalue weighted by molar-refractivity contribution is -0.384. The number of imidazole rings is 1. The number of non-ortho nitro benzene ring substituents is 1. The highest BCUT2D eigenvalue weighted by molar-refractivity contribution is 5.55. The van der Waals surface area contributed by atoms with Crippen molar-refractivity contribution >= 4 is 5.69 Å². The van der Waals surface area contributed by atoms with E-state index in [1.54, 1.807) is 30.7 Å². The molecule has 3 heterocycles. The Morgan fingerprint density at radius 2 is 1.88 bits per heavy atom. The molecule has 0 aliphatic carbocycles. The van der Waals surface area contributed by atoms with E-state index in [0.29, 0.717) is 29.7 Å². The highest BCUT2D eigenvalue weighted by atomic mass is 16.6. The quantitative estimate of drug-likeness (QED) is 0.402. The van der Waals surface area contributed by atoms with Crippen molar-refractivity contribution in [2.45, 2.75) is 6.54 Å². The van der Waals surface area contributed by atoms with E-state index >= 15 is 0 Å². The lowest BCUT2D eigenvalue weighted by Crippen LogP contribution is -2.02. The monoisotopic (exact) mass is 348 g/mol. The smallest absolute Gasteiger partial charge is 0.269 e. The van der Waals surface area contributed by atoms with E-state index in [2.05, 4.69) is 20.2 Å². The van der Waals surface area contributed by atoms with Gasteiger partial charge in [0.05, 0.1) is 4.92 Å². The molecular formula is C17H12N6O3. The molecule has 0 amide bonds. The summed E-state index contributed by atoms with van der Waals surface area (Å²) in [6.45, 7) is 0.339. The minimum Gasteiger partial charge on any atom is -0.419 e. The third-order valence-corrected chi connectivity index (χ3v) is 3.71. The molecule has 1 aromatic carbocycles. The van der Waals surface area contributed by atoms with Crippen LogP contribution < -0.4 is 0 Å². The highest BCUT2D eigenvalue weighted by Crippen LogP contribution is 2.22. The van der Waals surface area contributed by atoms with Crippen LogP contribution in [0.1, 0.15) is 5.89 Å². The zero-order valence-corrected chi connectivity index (χ0v) is 13.4. The van der Waals surface area contributed by atoms with Gasteiger partial charge in [-0.3, -0.25) is 15.1 Å². The second-order valence-electron chi connectivity index (χ2n) is 5.40. The van der Waals surface area contributed by atoms with Gasteiger partial charge in [-0.2, -0.15) is 0 Å². The third-order valence-electron chi connectivity index (χ3n) is 3.71. The number of aromatic nitrogens is 5. The molecule has 0 fully saturated rings. The maximum absolute atomic E-state index is 10.7. The molecule has 26 heavy (non-hydrogen) atoms. The molecule has 0 aliphatic rings. The number of nitrogens with zero attached hydrogens (tertiary/aromatic N) is 6. The van der Waals surface area contributed by atoms with Gasteiger partial charge in [-0.15, -0.1) is 10.2 Å². The summed E-state index contributed by atoms with van der Waals surface area (Å²) in [4.78, 5) is 18.9. The van der Waals surface area contributed by atoms with E-state index in [1.165, 1.54) is 12.1 Å². The lowest BCUT2D eigenvalue weighted by Gasteiger charge is -2.04. The van der Waals surface area contributed by atoms with Crippen molar-refractivity contribution in [3.63, 3.8) is 0 Å². The average Bonchev–Trinajstić information content (AvgIpc) is 3.32. The average molecular weight is 348 g/mol. The molecule has 0 bridgehead atoms. The molecule has 0 spiro atoms. The third kappa shape index (κ3) is 3.05. The van der Waals surface area contributed by atoms with E-state index in [1.807, 2.05) is 22.8 Å². The van der Waals surface area contributed by atoms with E-state index in [0.717, 1.165) is 5.69 Å². The number of nitro groups is 1. The van der Waals surface area contributed by atoms with Crippen LogP contribution in [0, 0.1) is 10.1 Å². The number of hydrogen-bond donors (Lipinski definition) is 0. The first-order chi connectivity index (χ1) is 12.7. The molecule has 0 aliphatic heterocycles. The summed E-state index contributed by atoms with van der Waals surface area (Å²) in [5, 5.41) is 18.8. The van der Waals surface area contributed by atoms with Crippen LogP contribution in [0.4, 0.5) is 5.69 Å². The Bertz CT molecular complexity index is 1040. The van der Waals surface area contributed by atoms with Gasteiger partial charge in [-0.05, 0) is 24.3 Å². The van der Waals surface area contributed by atoms with Crippen molar-refractivity contribution in [1.29, 1.82) is 0 Å². The molecule has 9 heteroatoms. The summed E-state index contributed by atoms with van der Waals surface area (Å²) in [5.41, 5.74) is 1.37. The minimum atomic E-state index is -0.457. The fraction of sp³-hybridized carbons (Fsp3) is 0.0588. The van der Waals surface area contributed by atoms with Gasteiger partial charge in [0.2, 0.25) is 11.8 Å². The van der Waals surface area contributed by atoms with Gasteiger partial charge < -0.3 is 8.98 Å². The number of rotatable bonds is 5. The zero-order valence-electron chi connectivity index (χ0n) is 13.4. The van der Waals surface area contributed by atoms with Crippen LogP contribution in [0.3, 0.4) is 0 Å². The fourth-order valence-corrected chi connectivity index (χ4v) is 2.47. The molecule has 4 rings (SSSR count). The van der Waals surface area contributed by atoms with Gasteiger partial charge in [-0.1, -0.05) is 6.07 Å². The Morgan fingerprint density at radius 1 is 1.04 bits per heavy atom. The van der Waals surface area contributed by atoms with E-state index < -0.39 is 4.92 Å². The van der Waals surface area contributed by atoms with Gasteiger partial charge in [0.15, 0.2) is 5.82 Å². The summed E-state index contributed by atoms with van der Waals surface area (Å²) < 4.78 is 7.53. The van der Waals surface area contributed by atoms with E-state index in [-0.39, 0.29) is 5.69 Å². The van der Waals surface area contributed by atoms with Gasteiger partial charge in [-0.25, -0.2) is 4.98 Å². The van der Waals surface area contributed by atoms with Crippen LogP contribution in [-0.4, -0.2) is 29.7 Å². The predicted molar refractivity (Wildman–Crippen MR) is 90.9 cm³/mol. The summed E-state index contributed by atoms with van der Waals surface area (Å²) in [7, 11) is 0. The second kappa shape index (κ2) is 6.55. The molecule has 0 N–H and O–H groups in total. The molecular weight excluding hydrogens is 336 g/mol. The highest BCUT2D eigenvalue weighted by Gasteiger charge is 2.13. The standard InChI is InChI=1S/C17H12N6O3/c24-23(25)13-6-4-12(5-7-13)17-21-20-15(26-17)11-22-10-9-19-16(22)14-3-1-2-8-18-14/h1-10H,11H2. The lowest BCUT2D eigenvalue weighted by atomic mass is 10.2. The van der Waals surface area contributed by atoms with Crippen LogP contribution in [0.2, 0.25) is 0 Å². The summed E-state index contributed by atoms with van der Waals surface area (Å²) in [6, 6.07) is 11.5. The van der Waals surface area contributed by atoms with Crippen molar-refractivity contribution in [1.82, 2.24) is 24.7 Å². The Balaban J connectivity index is 1.56. The van der Waals surface area contributed by atoms with Crippen molar-refractivity contribution in [3.8, 4) is 23.0 Å². The van der Waals surface area contributed by atoms with Crippen molar-refractivity contribution in [2.24, 2.45) is 0 Å². The normalized spacial score (nSPS) is 10.8. The van der Waals surface area contributed by atoms with E-state index in [9.17, 15) is 10.1 Å². The van der Waals surface area contributed by atoms with Crippen LogP contribution in [0.25, 0.3) is 23.0 Å². The molecule has 3 aromatic heterocycles. The number of nitro benzene ring substituents is 1. The Morgan fingerprint density at radius 3 is 2.62 bits per heavy atom. The maximum atomic E-state index is 10.7. The van der Waals surface area contributed by atoms with Gasteiger partial charge in [0.1, 0.15) is 12.2 Å². The fourth-order valence-electron chi connectivity index (χ4n) is 2.47. The minimum absolute atomic E-state index is 0.00640. The molecule has 0 atom stereocenters. The number of benzene rings is 1. The first-order valence-electron chi connectivity index (χ1n) is 7.70. The number of hydrogen-bond acceptors (Lipinski definition) is 7. The Hall–Kier alpha value is -3.88. The van der Waals surface area contributed by atoms with Crippen LogP contribution in [0.5, 0.6) is 0 Å². The van der Waals surface area contributed by atoms with Crippen LogP contribution >= 0.6 is 0 Å². The largest absolute Gasteiger partial charge is 0.419 e. The van der Waals surface area contributed by atoms with Crippen LogP contribution in [-0.2, 0) is 6.54 Å². The first kappa shape index (κ1) is 15.6. The maximum Gasteiger partial charge on any atom is 0.269 e. The summed E-state index contributed by atoms with van der Waals surface area (Å²) >= 11 is 0. The topological polar surface area (TPSA) is 113 Å². The van der Waals surface area contributed by atoms with E-state index in [4.69, 9.17) is 4.42 Å². The Labute approximate surface area is 147 Å².